The fourth-order valence-electron chi connectivity index (χ4n) is 3.14. The number of nitrogens with zero attached hydrogens (tertiary/aromatic N) is 3. The van der Waals surface area contributed by atoms with Crippen LogP contribution in [0.4, 0.5) is 0 Å². The van der Waals surface area contributed by atoms with Crippen molar-refractivity contribution >= 4 is 17.2 Å². The first-order valence-electron chi connectivity index (χ1n) is 7.76. The maximum absolute atomic E-state index is 12.9. The molecule has 116 valence electrons. The van der Waals surface area contributed by atoms with Gasteiger partial charge in [-0.3, -0.25) is 4.79 Å². The lowest BCUT2D eigenvalue weighted by Gasteiger charge is -2.24. The first kappa shape index (κ1) is 14.2. The number of thiophene rings is 1. The molecule has 1 fully saturated rings. The molecule has 23 heavy (non-hydrogen) atoms. The van der Waals surface area contributed by atoms with Gasteiger partial charge in [0, 0.05) is 35.1 Å². The van der Waals surface area contributed by atoms with Crippen LogP contribution < -0.4 is 0 Å². The molecular weight excluding hydrogens is 306 g/mol. The van der Waals surface area contributed by atoms with Crippen molar-refractivity contribution in [1.29, 1.82) is 0 Å². The minimum absolute atomic E-state index is 0.123. The number of rotatable bonds is 3. The van der Waals surface area contributed by atoms with Crippen LogP contribution in [0.5, 0.6) is 0 Å². The molecule has 4 rings (SSSR count). The fraction of sp³-hybridized carbons (Fsp3) is 0.222. The largest absolute Gasteiger partial charge is 0.331 e. The number of amides is 1. The topological polar surface area (TPSA) is 38.1 Å². The summed E-state index contributed by atoms with van der Waals surface area (Å²) in [4.78, 5) is 20.2. The Morgan fingerprint density at radius 2 is 2.09 bits per heavy atom. The van der Waals surface area contributed by atoms with E-state index >= 15 is 0 Å². The molecule has 2 aromatic heterocycles. The van der Waals surface area contributed by atoms with Crippen molar-refractivity contribution in [1.82, 2.24) is 14.5 Å². The van der Waals surface area contributed by atoms with Crippen molar-refractivity contribution in [3.63, 3.8) is 0 Å². The van der Waals surface area contributed by atoms with Gasteiger partial charge in [0.05, 0.1) is 12.4 Å². The van der Waals surface area contributed by atoms with E-state index in [0.29, 0.717) is 0 Å². The number of carbonyl (C=O) groups is 1. The van der Waals surface area contributed by atoms with Crippen LogP contribution in [-0.2, 0) is 0 Å². The Hall–Kier alpha value is -2.40. The lowest BCUT2D eigenvalue weighted by atomic mass is 10.1. The van der Waals surface area contributed by atoms with Crippen LogP contribution in [0.2, 0.25) is 0 Å². The van der Waals surface area contributed by atoms with E-state index in [1.165, 1.54) is 4.88 Å². The number of benzene rings is 1. The van der Waals surface area contributed by atoms with Gasteiger partial charge >= 0.3 is 0 Å². The van der Waals surface area contributed by atoms with E-state index in [-0.39, 0.29) is 11.9 Å². The van der Waals surface area contributed by atoms with Crippen molar-refractivity contribution in [2.75, 3.05) is 6.54 Å². The summed E-state index contributed by atoms with van der Waals surface area (Å²) in [5, 5.41) is 2.08. The van der Waals surface area contributed by atoms with Gasteiger partial charge in [-0.2, -0.15) is 0 Å². The second kappa shape index (κ2) is 6.01. The summed E-state index contributed by atoms with van der Waals surface area (Å²) in [7, 11) is 0. The molecule has 1 aliphatic heterocycles. The summed E-state index contributed by atoms with van der Waals surface area (Å²) in [6.45, 7) is 0.838. The molecule has 0 N–H and O–H groups in total. The van der Waals surface area contributed by atoms with Crippen LogP contribution in [-0.4, -0.2) is 26.9 Å². The Morgan fingerprint density at radius 3 is 2.78 bits per heavy atom. The molecule has 1 aromatic carbocycles. The molecule has 1 atom stereocenters. The second-order valence-electron chi connectivity index (χ2n) is 5.69. The van der Waals surface area contributed by atoms with Crippen molar-refractivity contribution < 1.29 is 4.79 Å². The van der Waals surface area contributed by atoms with Crippen LogP contribution in [0.3, 0.4) is 0 Å². The highest BCUT2D eigenvalue weighted by Gasteiger charge is 2.31. The SMILES string of the molecule is O=C(c1ccc(-n2ccnc2)cc1)N1CCCC1c1cccs1. The Bertz CT molecular complexity index is 778. The molecule has 3 heterocycles. The zero-order valence-electron chi connectivity index (χ0n) is 12.6. The van der Waals surface area contributed by atoms with Gasteiger partial charge in [0.15, 0.2) is 0 Å². The lowest BCUT2D eigenvalue weighted by molar-refractivity contribution is 0.0738. The molecule has 0 bridgehead atoms. The predicted molar refractivity (Wildman–Crippen MR) is 90.9 cm³/mol. The van der Waals surface area contributed by atoms with Gasteiger partial charge < -0.3 is 9.47 Å². The average molecular weight is 323 g/mol. The summed E-state index contributed by atoms with van der Waals surface area (Å²) < 4.78 is 1.93. The highest BCUT2D eigenvalue weighted by molar-refractivity contribution is 7.10. The molecule has 0 aliphatic carbocycles. The quantitative estimate of drug-likeness (QED) is 0.733. The highest BCUT2D eigenvalue weighted by atomic mass is 32.1. The van der Waals surface area contributed by atoms with E-state index in [1.54, 1.807) is 23.9 Å². The number of hydrogen-bond acceptors (Lipinski definition) is 3. The first-order chi connectivity index (χ1) is 11.3. The van der Waals surface area contributed by atoms with E-state index < -0.39 is 0 Å². The molecule has 0 spiro atoms. The van der Waals surface area contributed by atoms with Gasteiger partial charge in [-0.25, -0.2) is 4.98 Å². The molecule has 0 saturated carbocycles. The number of imidazole rings is 1. The van der Waals surface area contributed by atoms with Gasteiger partial charge in [-0.15, -0.1) is 11.3 Å². The molecule has 1 unspecified atom stereocenters. The fourth-order valence-corrected chi connectivity index (χ4v) is 4.01. The van der Waals surface area contributed by atoms with Crippen molar-refractivity contribution in [2.45, 2.75) is 18.9 Å². The first-order valence-corrected chi connectivity index (χ1v) is 8.64. The zero-order chi connectivity index (χ0) is 15.6. The Kier molecular flexibility index (Phi) is 3.71. The molecule has 5 heteroatoms. The van der Waals surface area contributed by atoms with E-state index in [0.717, 1.165) is 30.6 Å². The van der Waals surface area contributed by atoms with Crippen LogP contribution >= 0.6 is 11.3 Å². The minimum Gasteiger partial charge on any atom is -0.331 e. The number of likely N-dealkylation sites (tertiary alicyclic amines) is 1. The lowest BCUT2D eigenvalue weighted by Crippen LogP contribution is -2.30. The highest BCUT2D eigenvalue weighted by Crippen LogP contribution is 2.35. The van der Waals surface area contributed by atoms with E-state index in [9.17, 15) is 4.79 Å². The summed E-state index contributed by atoms with van der Waals surface area (Å²) in [6.07, 6.45) is 7.52. The van der Waals surface area contributed by atoms with Crippen molar-refractivity contribution in [3.05, 3.63) is 70.9 Å². The Balaban J connectivity index is 1.56. The molecule has 1 amide bonds. The molecule has 4 nitrogen and oxygen atoms in total. The third-order valence-electron chi connectivity index (χ3n) is 4.30. The van der Waals surface area contributed by atoms with Gasteiger partial charge in [-0.1, -0.05) is 6.07 Å². The Labute approximate surface area is 139 Å². The third-order valence-corrected chi connectivity index (χ3v) is 5.28. The van der Waals surface area contributed by atoms with Crippen LogP contribution in [0, 0.1) is 0 Å². The van der Waals surface area contributed by atoms with Crippen LogP contribution in [0.1, 0.15) is 34.1 Å². The van der Waals surface area contributed by atoms with E-state index in [4.69, 9.17) is 0 Å². The second-order valence-corrected chi connectivity index (χ2v) is 6.67. The maximum Gasteiger partial charge on any atom is 0.254 e. The normalized spacial score (nSPS) is 17.6. The third kappa shape index (κ3) is 2.68. The number of aromatic nitrogens is 2. The monoisotopic (exact) mass is 323 g/mol. The van der Waals surface area contributed by atoms with Crippen molar-refractivity contribution in [3.8, 4) is 5.69 Å². The maximum atomic E-state index is 12.9. The standard InChI is InChI=1S/C18H17N3OS/c22-18(21-10-1-3-16(21)17-4-2-12-23-17)14-5-7-15(8-6-14)20-11-9-19-13-20/h2,4-9,11-13,16H,1,3,10H2. The summed E-state index contributed by atoms with van der Waals surface area (Å²) >= 11 is 1.73. The average Bonchev–Trinajstić information content (AvgIpc) is 3.35. The minimum atomic E-state index is 0.123. The summed E-state index contributed by atoms with van der Waals surface area (Å²) in [5.74, 6) is 0.123. The molecule has 1 saturated heterocycles. The van der Waals surface area contributed by atoms with Crippen molar-refractivity contribution in [2.24, 2.45) is 0 Å². The summed E-state index contributed by atoms with van der Waals surface area (Å²) in [5.41, 5.74) is 1.76. The smallest absolute Gasteiger partial charge is 0.254 e. The molecule has 1 aliphatic rings. The molecule has 0 radical (unpaired) electrons. The van der Waals surface area contributed by atoms with E-state index in [2.05, 4.69) is 22.5 Å². The summed E-state index contributed by atoms with van der Waals surface area (Å²) in [6, 6.07) is 12.2. The van der Waals surface area contributed by atoms with Gasteiger partial charge in [0.25, 0.3) is 5.91 Å². The predicted octanol–water partition coefficient (Wildman–Crippen LogP) is 3.91. The molecule has 3 aromatic rings. The van der Waals surface area contributed by atoms with Crippen LogP contribution in [0.25, 0.3) is 5.69 Å². The number of carbonyl (C=O) groups excluding carboxylic acids is 1. The van der Waals surface area contributed by atoms with Crippen LogP contribution in [0.15, 0.2) is 60.5 Å². The van der Waals surface area contributed by atoms with Gasteiger partial charge in [0.2, 0.25) is 0 Å². The molecular formula is C18H17N3OS. The Morgan fingerprint density at radius 1 is 1.22 bits per heavy atom. The number of hydrogen-bond donors (Lipinski definition) is 0. The van der Waals surface area contributed by atoms with Gasteiger partial charge in [0.1, 0.15) is 0 Å². The zero-order valence-corrected chi connectivity index (χ0v) is 13.4. The van der Waals surface area contributed by atoms with E-state index in [1.807, 2.05) is 39.9 Å². The van der Waals surface area contributed by atoms with Gasteiger partial charge in [-0.05, 0) is 48.6 Å².